The molecule has 2 fully saturated rings. The molecule has 1 spiro atoms. The molecule has 0 saturated carbocycles. The topological polar surface area (TPSA) is 32.3 Å². The van der Waals surface area contributed by atoms with E-state index in [1.54, 1.807) is 0 Å². The fraction of sp³-hybridized carbons (Fsp3) is 0.632. The minimum atomic E-state index is -0.00282. The first kappa shape index (κ1) is 18.3. The van der Waals surface area contributed by atoms with Gasteiger partial charge in [-0.05, 0) is 42.7 Å². The van der Waals surface area contributed by atoms with Gasteiger partial charge in [-0.1, -0.05) is 44.2 Å². The molecule has 1 aromatic rings. The van der Waals surface area contributed by atoms with Crippen LogP contribution in [-0.2, 0) is 4.79 Å². The van der Waals surface area contributed by atoms with Crippen LogP contribution in [0.2, 0.25) is 0 Å². The van der Waals surface area contributed by atoms with Crippen LogP contribution in [-0.4, -0.2) is 37.0 Å². The average molecular weight is 337 g/mol. The summed E-state index contributed by atoms with van der Waals surface area (Å²) in [5.41, 5.74) is 1.63. The van der Waals surface area contributed by atoms with Crippen LogP contribution >= 0.6 is 12.4 Å². The van der Waals surface area contributed by atoms with E-state index in [1.165, 1.54) is 6.42 Å². The lowest BCUT2D eigenvalue weighted by atomic mass is 9.77. The van der Waals surface area contributed by atoms with E-state index in [0.717, 1.165) is 44.6 Å². The molecule has 1 amide bonds. The number of carbonyl (C=O) groups is 1. The summed E-state index contributed by atoms with van der Waals surface area (Å²) in [6.07, 6.45) is 3.60. The number of hydrogen-bond donors (Lipinski definition) is 1. The summed E-state index contributed by atoms with van der Waals surface area (Å²) in [4.78, 5) is 15.2. The molecule has 23 heavy (non-hydrogen) atoms. The van der Waals surface area contributed by atoms with Gasteiger partial charge in [-0.25, -0.2) is 0 Å². The molecule has 1 N–H and O–H groups in total. The number of halogens is 1. The number of hydrogen-bond acceptors (Lipinski definition) is 2. The van der Waals surface area contributed by atoms with Crippen LogP contribution in [0.1, 0.15) is 44.6 Å². The third kappa shape index (κ3) is 3.89. The Morgan fingerprint density at radius 3 is 2.30 bits per heavy atom. The van der Waals surface area contributed by atoms with E-state index >= 15 is 0 Å². The van der Waals surface area contributed by atoms with Gasteiger partial charge >= 0.3 is 0 Å². The molecular formula is C19H29ClN2O. The van der Waals surface area contributed by atoms with Crippen molar-refractivity contribution in [2.75, 3.05) is 26.2 Å². The van der Waals surface area contributed by atoms with E-state index in [0.29, 0.717) is 17.2 Å². The molecule has 3 rings (SSSR count). The second-order valence-corrected chi connectivity index (χ2v) is 7.38. The fourth-order valence-corrected chi connectivity index (χ4v) is 4.09. The standard InChI is InChI=1S/C19H28N2O.ClH/c1-15(2)17(16-6-4-3-5-7-16)18(22)21-12-9-19(10-13-21)8-11-20-14-19;/h3-7,15,17,20H,8-14H2,1-2H3;1H. The first-order valence-electron chi connectivity index (χ1n) is 8.66. The van der Waals surface area contributed by atoms with Crippen LogP contribution in [0.4, 0.5) is 0 Å². The van der Waals surface area contributed by atoms with Crippen molar-refractivity contribution in [3.63, 3.8) is 0 Å². The summed E-state index contributed by atoms with van der Waals surface area (Å²) < 4.78 is 0. The molecule has 3 nitrogen and oxygen atoms in total. The molecule has 2 saturated heterocycles. The summed E-state index contributed by atoms with van der Waals surface area (Å²) in [5.74, 6) is 0.651. The Bertz CT molecular complexity index is 501. The van der Waals surface area contributed by atoms with E-state index in [2.05, 4.69) is 36.2 Å². The number of benzene rings is 1. The lowest BCUT2D eigenvalue weighted by Crippen LogP contribution is -2.46. The molecule has 0 aromatic heterocycles. The Morgan fingerprint density at radius 1 is 1.13 bits per heavy atom. The van der Waals surface area contributed by atoms with Crippen molar-refractivity contribution in [1.29, 1.82) is 0 Å². The molecule has 4 heteroatoms. The van der Waals surface area contributed by atoms with Crippen molar-refractivity contribution in [2.24, 2.45) is 11.3 Å². The van der Waals surface area contributed by atoms with Gasteiger partial charge in [0.1, 0.15) is 0 Å². The largest absolute Gasteiger partial charge is 0.342 e. The Kier molecular flexibility index (Phi) is 6.10. The van der Waals surface area contributed by atoms with Crippen molar-refractivity contribution in [1.82, 2.24) is 10.2 Å². The highest BCUT2D eigenvalue weighted by Gasteiger charge is 2.39. The number of piperidine rings is 1. The zero-order valence-corrected chi connectivity index (χ0v) is 15.1. The lowest BCUT2D eigenvalue weighted by molar-refractivity contribution is -0.136. The number of rotatable bonds is 3. The van der Waals surface area contributed by atoms with Crippen LogP contribution in [0.5, 0.6) is 0 Å². The summed E-state index contributed by atoms with van der Waals surface area (Å²) in [7, 11) is 0. The molecule has 1 aromatic carbocycles. The van der Waals surface area contributed by atoms with E-state index in [1.807, 2.05) is 18.2 Å². The highest BCUT2D eigenvalue weighted by molar-refractivity contribution is 5.85. The molecule has 0 bridgehead atoms. The third-order valence-electron chi connectivity index (χ3n) is 5.56. The minimum Gasteiger partial charge on any atom is -0.342 e. The van der Waals surface area contributed by atoms with Gasteiger partial charge in [-0.15, -0.1) is 12.4 Å². The Morgan fingerprint density at radius 2 is 1.78 bits per heavy atom. The predicted molar refractivity (Wildman–Crippen MR) is 97.0 cm³/mol. The lowest BCUT2D eigenvalue weighted by Gasteiger charge is -2.40. The summed E-state index contributed by atoms with van der Waals surface area (Å²) in [5, 5.41) is 3.49. The normalized spacial score (nSPS) is 21.3. The number of amides is 1. The SMILES string of the molecule is CC(C)C(C(=O)N1CCC2(CCNC2)CC1)c1ccccc1.Cl. The van der Waals surface area contributed by atoms with Crippen molar-refractivity contribution < 1.29 is 4.79 Å². The molecule has 0 radical (unpaired) electrons. The predicted octanol–water partition coefficient (Wildman–Crippen LogP) is 3.45. The summed E-state index contributed by atoms with van der Waals surface area (Å²) in [6.45, 7) is 8.45. The van der Waals surface area contributed by atoms with Crippen molar-refractivity contribution in [3.8, 4) is 0 Å². The van der Waals surface area contributed by atoms with Crippen molar-refractivity contribution in [3.05, 3.63) is 35.9 Å². The highest BCUT2D eigenvalue weighted by atomic mass is 35.5. The van der Waals surface area contributed by atoms with Gasteiger partial charge in [-0.3, -0.25) is 4.79 Å². The third-order valence-corrected chi connectivity index (χ3v) is 5.56. The first-order valence-corrected chi connectivity index (χ1v) is 8.66. The van der Waals surface area contributed by atoms with Gasteiger partial charge in [0, 0.05) is 19.6 Å². The zero-order chi connectivity index (χ0) is 15.6. The summed E-state index contributed by atoms with van der Waals surface area (Å²) >= 11 is 0. The van der Waals surface area contributed by atoms with E-state index in [4.69, 9.17) is 0 Å². The van der Waals surface area contributed by atoms with Gasteiger partial charge in [-0.2, -0.15) is 0 Å². The maximum Gasteiger partial charge on any atom is 0.230 e. The maximum atomic E-state index is 13.1. The molecule has 1 atom stereocenters. The summed E-state index contributed by atoms with van der Waals surface area (Å²) in [6, 6.07) is 10.3. The van der Waals surface area contributed by atoms with E-state index in [-0.39, 0.29) is 18.3 Å². The number of carbonyl (C=O) groups excluding carboxylic acids is 1. The molecular weight excluding hydrogens is 308 g/mol. The van der Waals surface area contributed by atoms with Crippen LogP contribution < -0.4 is 5.32 Å². The molecule has 0 aliphatic carbocycles. The Balaban J connectivity index is 0.00000192. The van der Waals surface area contributed by atoms with Crippen LogP contribution in [0.3, 0.4) is 0 Å². The smallest absolute Gasteiger partial charge is 0.230 e. The molecule has 2 aliphatic rings. The second-order valence-electron chi connectivity index (χ2n) is 7.38. The quantitative estimate of drug-likeness (QED) is 0.917. The van der Waals surface area contributed by atoms with Gasteiger partial charge in [0.05, 0.1) is 5.92 Å². The van der Waals surface area contributed by atoms with Crippen molar-refractivity contribution in [2.45, 2.75) is 39.0 Å². The number of nitrogens with one attached hydrogen (secondary N) is 1. The molecule has 128 valence electrons. The van der Waals surface area contributed by atoms with Gasteiger partial charge < -0.3 is 10.2 Å². The van der Waals surface area contributed by atoms with E-state index in [9.17, 15) is 4.79 Å². The van der Waals surface area contributed by atoms with Gasteiger partial charge in [0.15, 0.2) is 0 Å². The monoisotopic (exact) mass is 336 g/mol. The molecule has 2 aliphatic heterocycles. The van der Waals surface area contributed by atoms with E-state index < -0.39 is 0 Å². The van der Waals surface area contributed by atoms with Gasteiger partial charge in [0.25, 0.3) is 0 Å². The highest BCUT2D eigenvalue weighted by Crippen LogP contribution is 2.38. The fourth-order valence-electron chi connectivity index (χ4n) is 4.09. The Labute approximate surface area is 146 Å². The van der Waals surface area contributed by atoms with Crippen LogP contribution in [0.15, 0.2) is 30.3 Å². The maximum absolute atomic E-state index is 13.1. The van der Waals surface area contributed by atoms with Crippen LogP contribution in [0, 0.1) is 11.3 Å². The molecule has 2 heterocycles. The second kappa shape index (κ2) is 7.67. The van der Waals surface area contributed by atoms with Gasteiger partial charge in [0.2, 0.25) is 5.91 Å². The number of nitrogens with zero attached hydrogens (tertiary/aromatic N) is 1. The molecule has 1 unspecified atom stereocenters. The van der Waals surface area contributed by atoms with Crippen molar-refractivity contribution >= 4 is 18.3 Å². The van der Waals surface area contributed by atoms with Crippen LogP contribution in [0.25, 0.3) is 0 Å². The minimum absolute atomic E-state index is 0. The number of likely N-dealkylation sites (tertiary alicyclic amines) is 1. The average Bonchev–Trinajstić information content (AvgIpc) is 2.97. The Hall–Kier alpha value is -1.06. The zero-order valence-electron chi connectivity index (χ0n) is 14.3. The first-order chi connectivity index (χ1) is 10.6.